The van der Waals surface area contributed by atoms with Crippen LogP contribution < -0.4 is 5.32 Å². The van der Waals surface area contributed by atoms with E-state index < -0.39 is 66.4 Å². The van der Waals surface area contributed by atoms with Crippen LogP contribution in [0.15, 0.2) is 59.3 Å². The van der Waals surface area contributed by atoms with Gasteiger partial charge in [-0.2, -0.15) is 0 Å². The molecule has 3 N–H and O–H groups in total. The zero-order valence-corrected chi connectivity index (χ0v) is 40.8. The molecule has 6 aliphatic heterocycles. The van der Waals surface area contributed by atoms with Crippen molar-refractivity contribution < 1.29 is 62.4 Å². The quantitative estimate of drug-likeness (QED) is 0.164. The summed E-state index contributed by atoms with van der Waals surface area (Å²) in [5, 5.41) is 27.4. The zero-order chi connectivity index (χ0) is 47.0. The molecule has 7 aliphatic rings. The monoisotopic (exact) mass is 914 g/mol. The van der Waals surface area contributed by atoms with E-state index in [0.29, 0.717) is 43.3 Å². The molecule has 1 spiro atoms. The Morgan fingerprint density at radius 2 is 1.60 bits per heavy atom. The molecule has 14 nitrogen and oxygen atoms in total. The van der Waals surface area contributed by atoms with Gasteiger partial charge in [0.05, 0.1) is 55.4 Å². The second-order valence-electron chi connectivity index (χ2n) is 20.3. The van der Waals surface area contributed by atoms with Gasteiger partial charge in [-0.25, -0.2) is 0 Å². The minimum absolute atomic E-state index is 0.0350. The minimum atomic E-state index is -1.83. The topological polar surface area (TPSA) is 162 Å². The lowest BCUT2D eigenvalue weighted by Crippen LogP contribution is -2.59. The summed E-state index contributed by atoms with van der Waals surface area (Å²) in [4.78, 5) is 14.4. The number of nitrogens with one attached hydrogen (secondary N) is 1. The molecule has 0 radical (unpaired) electrons. The van der Waals surface area contributed by atoms with Gasteiger partial charge in [-0.3, -0.25) is 4.79 Å². The number of aliphatic hydroxyl groups excluding tert-OH is 1. The third kappa shape index (κ3) is 10.8. The van der Waals surface area contributed by atoms with E-state index in [1.807, 2.05) is 32.1 Å². The van der Waals surface area contributed by atoms with Gasteiger partial charge in [0.2, 0.25) is 0 Å². The first-order valence-electron chi connectivity index (χ1n) is 24.3. The second-order valence-corrected chi connectivity index (χ2v) is 20.3. The normalized spacial score (nSPS) is 47.5. The predicted molar refractivity (Wildman–Crippen MR) is 243 cm³/mol. The average molecular weight is 914 g/mol. The van der Waals surface area contributed by atoms with Crippen molar-refractivity contribution in [1.82, 2.24) is 5.32 Å². The maximum absolute atomic E-state index is 14.4. The summed E-state index contributed by atoms with van der Waals surface area (Å²) in [7, 11) is 3.42. The lowest BCUT2D eigenvalue weighted by molar-refractivity contribution is -0.312. The molecule has 2 bridgehead atoms. The lowest BCUT2D eigenvalue weighted by atomic mass is 9.71. The molecule has 0 aromatic heterocycles. The van der Waals surface area contributed by atoms with Crippen LogP contribution in [0.2, 0.25) is 0 Å². The summed E-state index contributed by atoms with van der Waals surface area (Å²) < 4.78 is 65.0. The number of carbonyl (C=O) groups excluding carboxylic acids is 1. The summed E-state index contributed by atoms with van der Waals surface area (Å²) >= 11 is 0. The Hall–Kier alpha value is -2.31. The van der Waals surface area contributed by atoms with Crippen LogP contribution in [-0.4, -0.2) is 140 Å². The molecule has 0 aromatic carbocycles. The number of aliphatic hydroxyl groups is 2. The lowest BCUT2D eigenvalue weighted by Gasteiger charge is -2.48. The van der Waals surface area contributed by atoms with Crippen LogP contribution in [-0.2, 0) is 52.2 Å². The largest absolute Gasteiger partial charge is 0.462 e. The summed E-state index contributed by atoms with van der Waals surface area (Å²) in [5.74, 6) is -2.52. The minimum Gasteiger partial charge on any atom is -0.462 e. The van der Waals surface area contributed by atoms with Crippen molar-refractivity contribution in [2.75, 3.05) is 20.8 Å². The predicted octanol–water partition coefficient (Wildman–Crippen LogP) is 6.38. The van der Waals surface area contributed by atoms with Gasteiger partial charge in [0.25, 0.3) is 0 Å². The van der Waals surface area contributed by atoms with Crippen molar-refractivity contribution in [2.24, 2.45) is 23.7 Å². The summed E-state index contributed by atoms with van der Waals surface area (Å²) in [6.45, 7) is 20.7. The van der Waals surface area contributed by atoms with Gasteiger partial charge < -0.3 is 62.9 Å². The van der Waals surface area contributed by atoms with Gasteiger partial charge in [0.1, 0.15) is 35.9 Å². The molecular weight excluding hydrogens is 835 g/mol. The molecule has 20 atom stereocenters. The molecule has 14 heteroatoms. The first-order valence-corrected chi connectivity index (χ1v) is 24.3. The van der Waals surface area contributed by atoms with Crippen molar-refractivity contribution in [3.8, 4) is 0 Å². The number of ether oxygens (including phenoxy) is 10. The first kappa shape index (κ1) is 50.6. The Kier molecular flexibility index (Phi) is 16.4. The van der Waals surface area contributed by atoms with Crippen LogP contribution in [0.3, 0.4) is 0 Å². The van der Waals surface area contributed by atoms with Gasteiger partial charge in [-0.15, -0.1) is 0 Å². The second kappa shape index (κ2) is 21.1. The van der Waals surface area contributed by atoms with E-state index in [-0.39, 0.29) is 73.1 Å². The molecule has 366 valence electrons. The standard InChI is InChI=1S/C51H79NO13/c1-13-28(4)46-31(7)19-20-50(65-46)25-37-22-36(64-50)18-17-30(6)45(29(5)15-14-16-35-26-58-48-44(53)32(8)21-38(49(54)61-37)51(35,48)55)62-42-24-40(57-12)47(34(10)60-42)63-41-23-39(56-11)43(33(9)59-41)52-27(2)3/h14-17,19-21,27-29,31,33-34,36-48,52-53,55H,13,18,22-26H2,1-12H3/b15-14+,30-17+,35-16+/t28?,29-,31-,33-,34-,36+,37-,38-,39-,40-,41-,42-,43+,44+,45-,46+,47-,48+,50+,51+/m0/s1. The van der Waals surface area contributed by atoms with Gasteiger partial charge in [0.15, 0.2) is 18.4 Å². The third-order valence-electron chi connectivity index (χ3n) is 15.1. The maximum Gasteiger partial charge on any atom is 0.316 e. The Balaban J connectivity index is 1.16. The van der Waals surface area contributed by atoms with Gasteiger partial charge in [-0.1, -0.05) is 84.4 Å². The van der Waals surface area contributed by atoms with Crippen molar-refractivity contribution in [2.45, 2.75) is 211 Å². The van der Waals surface area contributed by atoms with Gasteiger partial charge in [0, 0.05) is 57.8 Å². The number of fused-ring (bicyclic) bond motifs is 2. The molecule has 4 fully saturated rings. The Labute approximate surface area is 387 Å². The number of hydrogen-bond acceptors (Lipinski definition) is 14. The van der Waals surface area contributed by atoms with Crippen LogP contribution in [0.1, 0.15) is 108 Å². The molecule has 0 aromatic rings. The SMILES string of the molecule is CCC(C)[C@H]1O[C@]2(C=C[C@@H]1C)C[C@@H]1C[C@@H](C/C=C(\C)[C@@H](O[C@H]3C[C@H](OC)[C@@H](O[C@H]4C[C@H](OC)[C@H](NC(C)C)[C@H](C)O4)[C@H](C)O3)[C@@H](C)/C=C/C=C3\CO[C@@H]4[C@H](O)C(C)=C[C@@H](C(=O)O1)[C@]34O)O2. The van der Waals surface area contributed by atoms with Crippen molar-refractivity contribution in [3.05, 3.63) is 59.3 Å². The van der Waals surface area contributed by atoms with Crippen LogP contribution in [0.5, 0.6) is 0 Å². The molecule has 1 aliphatic carbocycles. The smallest absolute Gasteiger partial charge is 0.316 e. The van der Waals surface area contributed by atoms with E-state index in [2.05, 4.69) is 65.9 Å². The van der Waals surface area contributed by atoms with Gasteiger partial charge in [-0.05, 0) is 62.8 Å². The van der Waals surface area contributed by atoms with Crippen LogP contribution >= 0.6 is 0 Å². The van der Waals surface area contributed by atoms with E-state index in [4.69, 9.17) is 47.4 Å². The number of esters is 1. The van der Waals surface area contributed by atoms with Crippen LogP contribution in [0.4, 0.5) is 0 Å². The van der Waals surface area contributed by atoms with Crippen molar-refractivity contribution >= 4 is 5.97 Å². The summed E-state index contributed by atoms with van der Waals surface area (Å²) in [6.07, 6.45) is 10.7. The maximum atomic E-state index is 14.4. The number of allylic oxidation sites excluding steroid dienone is 2. The highest BCUT2D eigenvalue weighted by molar-refractivity contribution is 5.78. The third-order valence-corrected chi connectivity index (χ3v) is 15.1. The molecule has 1 unspecified atom stereocenters. The molecule has 4 saturated heterocycles. The number of rotatable bonds is 10. The van der Waals surface area contributed by atoms with E-state index in [1.165, 1.54) is 0 Å². The fourth-order valence-electron chi connectivity index (χ4n) is 11.2. The number of methoxy groups -OCH3 is 2. The number of carbonyl (C=O) groups is 1. The van der Waals surface area contributed by atoms with Crippen molar-refractivity contribution in [3.63, 3.8) is 0 Å². The highest BCUT2D eigenvalue weighted by Gasteiger charge is 2.60. The zero-order valence-electron chi connectivity index (χ0n) is 40.8. The highest BCUT2D eigenvalue weighted by Crippen LogP contribution is 2.47. The molecule has 6 heterocycles. The van der Waals surface area contributed by atoms with Crippen LogP contribution in [0.25, 0.3) is 0 Å². The van der Waals surface area contributed by atoms with E-state index >= 15 is 0 Å². The summed E-state index contributed by atoms with van der Waals surface area (Å²) in [5.41, 5.74) is 0.179. The molecule has 65 heavy (non-hydrogen) atoms. The Bertz CT molecular complexity index is 1800. The average Bonchev–Trinajstić information content (AvgIpc) is 3.61. The highest BCUT2D eigenvalue weighted by atomic mass is 16.7. The fraction of sp³-hybridized carbons (Fsp3) is 0.784. The van der Waals surface area contributed by atoms with Crippen LogP contribution in [0, 0.1) is 23.7 Å². The number of hydrogen-bond donors (Lipinski definition) is 3. The van der Waals surface area contributed by atoms with Gasteiger partial charge >= 0.3 is 5.97 Å². The summed E-state index contributed by atoms with van der Waals surface area (Å²) in [6, 6.07) is 0.313. The van der Waals surface area contributed by atoms with E-state index in [0.717, 1.165) is 12.0 Å². The molecular formula is C51H79NO13. The molecule has 7 rings (SSSR count). The Morgan fingerprint density at radius 1 is 0.892 bits per heavy atom. The van der Waals surface area contributed by atoms with E-state index in [1.54, 1.807) is 33.3 Å². The Morgan fingerprint density at radius 3 is 2.31 bits per heavy atom. The molecule has 0 saturated carbocycles. The molecule has 0 amide bonds. The first-order chi connectivity index (χ1) is 30.9. The fourth-order valence-corrected chi connectivity index (χ4v) is 11.2. The van der Waals surface area contributed by atoms with E-state index in [9.17, 15) is 15.0 Å². The van der Waals surface area contributed by atoms with Crippen molar-refractivity contribution in [1.29, 1.82) is 0 Å².